The van der Waals surface area contributed by atoms with Gasteiger partial charge in [0.25, 0.3) is 15.9 Å². The second-order valence-electron chi connectivity index (χ2n) is 8.84. The fourth-order valence-corrected chi connectivity index (χ4v) is 4.84. The molecule has 1 saturated heterocycles. The van der Waals surface area contributed by atoms with E-state index in [1.807, 2.05) is 19.9 Å². The molecule has 1 heterocycles. The Morgan fingerprint density at radius 2 is 1.61 bits per heavy atom. The van der Waals surface area contributed by atoms with Crippen LogP contribution in [0, 0.1) is 13.8 Å². The molecule has 0 aromatic heterocycles. The normalized spacial score (nSPS) is 17.0. The molecule has 33 heavy (non-hydrogen) atoms. The van der Waals surface area contributed by atoms with E-state index >= 15 is 0 Å². The highest BCUT2D eigenvalue weighted by Gasteiger charge is 2.27. The number of carbonyl (C=O) groups is 2. The van der Waals surface area contributed by atoms with Gasteiger partial charge in [-0.1, -0.05) is 6.07 Å². The molecule has 0 spiro atoms. The van der Waals surface area contributed by atoms with E-state index in [2.05, 4.69) is 14.9 Å². The number of hydrogen-bond donors (Lipinski definition) is 2. The molecule has 176 valence electrons. The molecule has 9 heteroatoms. The van der Waals surface area contributed by atoms with Crippen molar-refractivity contribution in [1.29, 1.82) is 0 Å². The topological polar surface area (TPSA) is 98.8 Å². The van der Waals surface area contributed by atoms with Crippen molar-refractivity contribution in [3.63, 3.8) is 0 Å². The first kappa shape index (κ1) is 23.3. The maximum atomic E-state index is 12.9. The summed E-state index contributed by atoms with van der Waals surface area (Å²) in [6, 6.07) is 11.7. The molecule has 0 atom stereocenters. The number of anilines is 1. The second kappa shape index (κ2) is 9.52. The van der Waals surface area contributed by atoms with E-state index in [9.17, 15) is 18.0 Å². The Labute approximate surface area is 195 Å². The van der Waals surface area contributed by atoms with Crippen molar-refractivity contribution in [3.05, 3.63) is 59.2 Å². The van der Waals surface area contributed by atoms with E-state index in [0.717, 1.165) is 24.0 Å². The Morgan fingerprint density at radius 3 is 2.21 bits per heavy atom. The van der Waals surface area contributed by atoms with Crippen molar-refractivity contribution in [2.75, 3.05) is 37.4 Å². The van der Waals surface area contributed by atoms with Crippen LogP contribution < -0.4 is 10.0 Å². The van der Waals surface area contributed by atoms with Crippen molar-refractivity contribution in [3.8, 4) is 0 Å². The molecule has 1 aliphatic carbocycles. The third-order valence-corrected chi connectivity index (χ3v) is 7.54. The Bertz CT molecular complexity index is 1140. The smallest absolute Gasteiger partial charge is 0.261 e. The molecule has 2 aromatic carbocycles. The molecule has 2 aromatic rings. The van der Waals surface area contributed by atoms with Crippen LogP contribution in [0.2, 0.25) is 0 Å². The van der Waals surface area contributed by atoms with Crippen molar-refractivity contribution >= 4 is 27.5 Å². The van der Waals surface area contributed by atoms with Crippen molar-refractivity contribution < 1.29 is 18.0 Å². The Balaban J connectivity index is 1.33. The number of aryl methyl sites for hydroxylation is 2. The largest absolute Gasteiger partial charge is 0.352 e. The summed E-state index contributed by atoms with van der Waals surface area (Å²) in [5.74, 6) is -0.0911. The van der Waals surface area contributed by atoms with Crippen LogP contribution in [-0.2, 0) is 14.8 Å². The summed E-state index contributed by atoms with van der Waals surface area (Å²) in [4.78, 5) is 28.7. The van der Waals surface area contributed by atoms with Gasteiger partial charge in [0.1, 0.15) is 0 Å². The molecule has 8 nitrogen and oxygen atoms in total. The maximum Gasteiger partial charge on any atom is 0.261 e. The third kappa shape index (κ3) is 5.91. The number of benzene rings is 2. The van der Waals surface area contributed by atoms with Gasteiger partial charge < -0.3 is 10.2 Å². The zero-order valence-electron chi connectivity index (χ0n) is 19.0. The number of amides is 2. The molecular weight excluding hydrogens is 440 g/mol. The van der Waals surface area contributed by atoms with Crippen LogP contribution in [0.15, 0.2) is 47.4 Å². The molecule has 2 N–H and O–H groups in total. The standard InChI is InChI=1S/C24H30N4O4S/c1-17-3-6-21(15-18(17)2)26-33(31,32)22-9-4-19(5-10-22)24(30)28-13-11-27(12-14-28)16-23(29)25-20-7-8-20/h3-6,9-10,15,20,26H,7-8,11-14,16H2,1-2H3,(H,25,29). The Kier molecular flexibility index (Phi) is 6.71. The predicted molar refractivity (Wildman–Crippen MR) is 127 cm³/mol. The zero-order valence-corrected chi connectivity index (χ0v) is 19.8. The first-order valence-electron chi connectivity index (χ1n) is 11.2. The van der Waals surface area contributed by atoms with E-state index in [-0.39, 0.29) is 16.7 Å². The molecule has 0 radical (unpaired) electrons. The van der Waals surface area contributed by atoms with Crippen LogP contribution in [0.1, 0.15) is 34.3 Å². The number of piperazine rings is 1. The number of sulfonamides is 1. The quantitative estimate of drug-likeness (QED) is 0.646. The molecule has 2 amide bonds. The first-order chi connectivity index (χ1) is 15.7. The summed E-state index contributed by atoms with van der Waals surface area (Å²) in [6.07, 6.45) is 2.13. The van der Waals surface area contributed by atoms with Crippen LogP contribution >= 0.6 is 0 Å². The van der Waals surface area contributed by atoms with Gasteiger partial charge in [-0.2, -0.15) is 0 Å². The van der Waals surface area contributed by atoms with Crippen LogP contribution in [0.4, 0.5) is 5.69 Å². The molecule has 1 aliphatic heterocycles. The van der Waals surface area contributed by atoms with Gasteiger partial charge >= 0.3 is 0 Å². The lowest BCUT2D eigenvalue weighted by Gasteiger charge is -2.34. The van der Waals surface area contributed by atoms with Gasteiger partial charge in [-0.05, 0) is 74.2 Å². The van der Waals surface area contributed by atoms with Crippen LogP contribution in [0.3, 0.4) is 0 Å². The molecule has 2 fully saturated rings. The SMILES string of the molecule is Cc1ccc(NS(=O)(=O)c2ccc(C(=O)N3CCN(CC(=O)NC4CC4)CC3)cc2)cc1C. The summed E-state index contributed by atoms with van der Waals surface area (Å²) in [5, 5.41) is 2.98. The molecule has 4 rings (SSSR count). The van der Waals surface area contributed by atoms with Crippen molar-refractivity contribution in [2.24, 2.45) is 0 Å². The van der Waals surface area contributed by atoms with E-state index < -0.39 is 10.0 Å². The predicted octanol–water partition coefficient (Wildman–Crippen LogP) is 2.14. The maximum absolute atomic E-state index is 12.9. The van der Waals surface area contributed by atoms with Gasteiger partial charge in [-0.25, -0.2) is 8.42 Å². The minimum absolute atomic E-state index is 0.0449. The van der Waals surface area contributed by atoms with Gasteiger partial charge in [-0.3, -0.25) is 19.2 Å². The summed E-state index contributed by atoms with van der Waals surface area (Å²) in [7, 11) is -3.75. The zero-order chi connectivity index (χ0) is 23.6. The summed E-state index contributed by atoms with van der Waals surface area (Å²) in [6.45, 7) is 6.59. The number of rotatable bonds is 7. The highest BCUT2D eigenvalue weighted by Crippen LogP contribution is 2.20. The van der Waals surface area contributed by atoms with Crippen LogP contribution in [0.5, 0.6) is 0 Å². The average Bonchev–Trinajstić information content (AvgIpc) is 3.60. The lowest BCUT2D eigenvalue weighted by Crippen LogP contribution is -2.51. The summed E-state index contributed by atoms with van der Waals surface area (Å²) >= 11 is 0. The molecule has 2 aliphatic rings. The Hall–Kier alpha value is -2.91. The number of carbonyl (C=O) groups excluding carboxylic acids is 2. The van der Waals surface area contributed by atoms with Gasteiger partial charge in [0.15, 0.2) is 0 Å². The van der Waals surface area contributed by atoms with Gasteiger partial charge in [0.2, 0.25) is 5.91 Å². The van der Waals surface area contributed by atoms with Crippen molar-refractivity contribution in [1.82, 2.24) is 15.1 Å². The number of nitrogens with one attached hydrogen (secondary N) is 2. The van der Waals surface area contributed by atoms with Gasteiger partial charge in [-0.15, -0.1) is 0 Å². The van der Waals surface area contributed by atoms with Gasteiger partial charge in [0, 0.05) is 43.5 Å². The fraction of sp³-hybridized carbons (Fsp3) is 0.417. The second-order valence-corrected chi connectivity index (χ2v) is 10.5. The number of hydrogen-bond acceptors (Lipinski definition) is 5. The summed E-state index contributed by atoms with van der Waals surface area (Å²) in [5.41, 5.74) is 3.03. The minimum Gasteiger partial charge on any atom is -0.352 e. The van der Waals surface area contributed by atoms with Crippen LogP contribution in [0.25, 0.3) is 0 Å². The summed E-state index contributed by atoms with van der Waals surface area (Å²) < 4.78 is 28.1. The monoisotopic (exact) mass is 470 g/mol. The third-order valence-electron chi connectivity index (χ3n) is 6.14. The minimum atomic E-state index is -3.75. The molecule has 1 saturated carbocycles. The average molecular weight is 471 g/mol. The van der Waals surface area contributed by atoms with E-state index in [1.54, 1.807) is 29.2 Å². The Morgan fingerprint density at radius 1 is 0.939 bits per heavy atom. The van der Waals surface area contributed by atoms with Gasteiger partial charge in [0.05, 0.1) is 11.4 Å². The fourth-order valence-electron chi connectivity index (χ4n) is 3.79. The van der Waals surface area contributed by atoms with E-state index in [0.29, 0.717) is 50.0 Å². The lowest BCUT2D eigenvalue weighted by molar-refractivity contribution is -0.122. The van der Waals surface area contributed by atoms with E-state index in [1.165, 1.54) is 12.1 Å². The molecular formula is C24H30N4O4S. The highest BCUT2D eigenvalue weighted by molar-refractivity contribution is 7.92. The van der Waals surface area contributed by atoms with E-state index in [4.69, 9.17) is 0 Å². The number of nitrogens with zero attached hydrogens (tertiary/aromatic N) is 2. The lowest BCUT2D eigenvalue weighted by atomic mass is 10.1. The first-order valence-corrected chi connectivity index (χ1v) is 12.7. The molecule has 0 bridgehead atoms. The van der Waals surface area contributed by atoms with Crippen LogP contribution in [-0.4, -0.2) is 68.8 Å². The van der Waals surface area contributed by atoms with Crippen molar-refractivity contribution in [2.45, 2.75) is 37.6 Å². The molecule has 0 unspecified atom stereocenters. The highest BCUT2D eigenvalue weighted by atomic mass is 32.2.